The third-order valence-corrected chi connectivity index (χ3v) is 7.80. The molecule has 3 heterocycles. The van der Waals surface area contributed by atoms with Crippen LogP contribution >= 0.6 is 0 Å². The van der Waals surface area contributed by atoms with E-state index in [1.807, 2.05) is 54.6 Å². The van der Waals surface area contributed by atoms with E-state index in [0.29, 0.717) is 5.56 Å². The molecule has 0 spiro atoms. The van der Waals surface area contributed by atoms with E-state index in [9.17, 15) is 0 Å². The topological polar surface area (TPSA) is 43.9 Å². The van der Waals surface area contributed by atoms with Crippen molar-refractivity contribution in [2.75, 3.05) is 0 Å². The quantitative estimate of drug-likeness (QED) is 0.210. The van der Waals surface area contributed by atoms with E-state index in [2.05, 4.69) is 32.7 Å². The number of rotatable bonds is 4. The van der Waals surface area contributed by atoms with Crippen LogP contribution in [0.25, 0.3) is 83.3 Å². The molecule has 0 aliphatic rings. The first-order valence-corrected chi connectivity index (χ1v) is 13.9. The minimum Gasteiger partial charge on any atom is -0.454 e. The Labute approximate surface area is 267 Å². The molecule has 0 aliphatic heterocycles. The number of benzene rings is 6. The predicted molar refractivity (Wildman–Crippen MR) is 180 cm³/mol. The number of hydrogen-bond donors (Lipinski definition) is 0. The van der Waals surface area contributed by atoms with Gasteiger partial charge >= 0.3 is 0 Å². The van der Waals surface area contributed by atoms with Crippen molar-refractivity contribution in [3.63, 3.8) is 0 Å². The van der Waals surface area contributed by atoms with E-state index in [1.165, 1.54) is 6.07 Å². The van der Waals surface area contributed by atoms with Gasteiger partial charge in [-0.05, 0) is 48.5 Å². The average molecular weight is 574 g/mol. The van der Waals surface area contributed by atoms with Crippen molar-refractivity contribution in [1.82, 2.24) is 14.5 Å². The molecular formula is C40H25N3O. The molecule has 0 unspecified atom stereocenters. The highest BCUT2D eigenvalue weighted by molar-refractivity contribution is 6.21. The Hall–Kier alpha value is -6.00. The smallest absolute Gasteiger partial charge is 0.160 e. The molecule has 0 saturated heterocycles. The molecule has 0 saturated carbocycles. The van der Waals surface area contributed by atoms with Gasteiger partial charge < -0.3 is 8.98 Å². The van der Waals surface area contributed by atoms with Crippen molar-refractivity contribution in [2.24, 2.45) is 0 Å². The first-order chi connectivity index (χ1) is 26.0. The van der Waals surface area contributed by atoms with Crippen LogP contribution in [0, 0.1) is 0 Å². The molecule has 0 radical (unpaired) electrons. The van der Waals surface area contributed by atoms with Crippen molar-refractivity contribution >= 4 is 43.7 Å². The van der Waals surface area contributed by atoms with Crippen LogP contribution in [0.15, 0.2) is 156 Å². The van der Waals surface area contributed by atoms with Crippen LogP contribution in [0.4, 0.5) is 0 Å². The normalized spacial score (nSPS) is 14.8. The fourth-order valence-electron chi connectivity index (χ4n) is 5.85. The SMILES string of the molecule is [2H]c1c([2H])c([2H])c(-c2cc(-c3c([2H])c([2H])c([2H])c([2H])c3[2H])nc(-c3ccc(-n4c5ccccc5c5ccc6c7ccccc7oc6c54)cc3)n2)c([2H])c1[2H]. The summed E-state index contributed by atoms with van der Waals surface area (Å²) in [5.41, 5.74) is 4.06. The molecular weight excluding hydrogens is 538 g/mol. The maximum Gasteiger partial charge on any atom is 0.160 e. The average Bonchev–Trinajstić information content (AvgIpc) is 3.74. The van der Waals surface area contributed by atoms with Crippen LogP contribution in [0.3, 0.4) is 0 Å². The number of hydrogen-bond acceptors (Lipinski definition) is 3. The molecule has 3 aromatic heterocycles. The molecule has 0 atom stereocenters. The van der Waals surface area contributed by atoms with Gasteiger partial charge in [-0.15, -0.1) is 0 Å². The third-order valence-electron chi connectivity index (χ3n) is 7.80. The van der Waals surface area contributed by atoms with E-state index in [-0.39, 0.29) is 28.3 Å². The predicted octanol–water partition coefficient (Wildman–Crippen LogP) is 10.5. The van der Waals surface area contributed by atoms with Gasteiger partial charge in [0.25, 0.3) is 0 Å². The summed E-state index contributed by atoms with van der Waals surface area (Å²) >= 11 is 0. The lowest BCUT2D eigenvalue weighted by molar-refractivity contribution is 0.671. The molecule has 6 aromatic carbocycles. The van der Waals surface area contributed by atoms with Crippen molar-refractivity contribution in [2.45, 2.75) is 0 Å². The summed E-state index contributed by atoms with van der Waals surface area (Å²) in [6, 6.07) is 23.3. The maximum absolute atomic E-state index is 8.63. The summed E-state index contributed by atoms with van der Waals surface area (Å²) < 4.78 is 92.4. The summed E-state index contributed by atoms with van der Waals surface area (Å²) in [5, 5.41) is 4.04. The van der Waals surface area contributed by atoms with E-state index < -0.39 is 60.4 Å². The van der Waals surface area contributed by atoms with E-state index >= 15 is 0 Å². The summed E-state index contributed by atoms with van der Waals surface area (Å²) in [6.45, 7) is 0. The highest BCUT2D eigenvalue weighted by atomic mass is 16.3. The fourth-order valence-corrected chi connectivity index (χ4v) is 5.85. The summed E-state index contributed by atoms with van der Waals surface area (Å²) in [6.07, 6.45) is 0. The molecule has 0 aliphatic carbocycles. The largest absolute Gasteiger partial charge is 0.454 e. The Morgan fingerprint density at radius 1 is 0.545 bits per heavy atom. The Morgan fingerprint density at radius 2 is 1.16 bits per heavy atom. The minimum atomic E-state index is -0.575. The molecule has 4 heteroatoms. The van der Waals surface area contributed by atoms with Gasteiger partial charge in [0.15, 0.2) is 11.4 Å². The molecule has 9 rings (SSSR count). The fraction of sp³-hybridized carbons (Fsp3) is 0. The first-order valence-electron chi connectivity index (χ1n) is 18.9. The van der Waals surface area contributed by atoms with Gasteiger partial charge in [0, 0.05) is 43.9 Å². The van der Waals surface area contributed by atoms with Crippen molar-refractivity contribution in [1.29, 1.82) is 0 Å². The summed E-state index contributed by atoms with van der Waals surface area (Å²) in [4.78, 5) is 9.32. The van der Waals surface area contributed by atoms with Crippen LogP contribution in [0.1, 0.15) is 13.7 Å². The van der Waals surface area contributed by atoms with Gasteiger partial charge in [-0.2, -0.15) is 0 Å². The van der Waals surface area contributed by atoms with Crippen LogP contribution in [-0.2, 0) is 0 Å². The lowest BCUT2D eigenvalue weighted by Crippen LogP contribution is -1.97. The van der Waals surface area contributed by atoms with E-state index in [1.54, 1.807) is 12.1 Å². The Kier molecular flexibility index (Phi) is 3.69. The third kappa shape index (κ3) is 3.85. The molecule has 4 nitrogen and oxygen atoms in total. The van der Waals surface area contributed by atoms with Gasteiger partial charge in [0.2, 0.25) is 0 Å². The van der Waals surface area contributed by atoms with Gasteiger partial charge in [0.1, 0.15) is 5.58 Å². The first kappa shape index (κ1) is 16.6. The zero-order chi connectivity index (χ0) is 37.7. The van der Waals surface area contributed by atoms with Gasteiger partial charge in [-0.1, -0.05) is 103 Å². The van der Waals surface area contributed by atoms with E-state index in [0.717, 1.165) is 49.4 Å². The van der Waals surface area contributed by atoms with Crippen LogP contribution in [0.2, 0.25) is 0 Å². The van der Waals surface area contributed by atoms with Crippen LogP contribution in [-0.4, -0.2) is 14.5 Å². The van der Waals surface area contributed by atoms with Gasteiger partial charge in [-0.3, -0.25) is 0 Å². The van der Waals surface area contributed by atoms with Crippen molar-refractivity contribution < 1.29 is 18.1 Å². The zero-order valence-corrected chi connectivity index (χ0v) is 22.9. The van der Waals surface area contributed by atoms with E-state index in [4.69, 9.17) is 18.1 Å². The monoisotopic (exact) mass is 573 g/mol. The summed E-state index contributed by atoms with van der Waals surface area (Å²) in [5.74, 6) is 0.0505. The number of fused-ring (bicyclic) bond motifs is 7. The molecule has 9 aromatic rings. The number of aromatic nitrogens is 3. The highest BCUT2D eigenvalue weighted by Crippen LogP contribution is 2.40. The summed E-state index contributed by atoms with van der Waals surface area (Å²) in [7, 11) is 0. The number of para-hydroxylation sites is 2. The molecule has 0 fully saturated rings. The second-order valence-corrected chi connectivity index (χ2v) is 10.3. The minimum absolute atomic E-state index is 0.0505. The molecule has 0 bridgehead atoms. The number of furan rings is 1. The maximum atomic E-state index is 8.63. The lowest BCUT2D eigenvalue weighted by atomic mass is 10.1. The zero-order valence-electron chi connectivity index (χ0n) is 32.9. The molecule has 44 heavy (non-hydrogen) atoms. The standard InChI is InChI=1S/C40H25N3O/c1-3-11-26(12-4-1)34-25-35(27-13-5-2-6-14-27)42-40(41-34)28-19-21-29(22-20-28)43-36-17-9-7-15-30(36)32-23-24-33-31-16-8-10-18-37(31)44-39(33)38(32)43/h1-25H/i1D,2D,3D,4D,5D,6D,11D,12D,13D,14D. The van der Waals surface area contributed by atoms with Crippen LogP contribution < -0.4 is 0 Å². The van der Waals surface area contributed by atoms with Crippen LogP contribution in [0.5, 0.6) is 0 Å². The van der Waals surface area contributed by atoms with Crippen molar-refractivity contribution in [3.8, 4) is 39.6 Å². The Balaban J connectivity index is 1.28. The second kappa shape index (κ2) is 9.79. The van der Waals surface area contributed by atoms with Gasteiger partial charge in [-0.25, -0.2) is 9.97 Å². The van der Waals surface area contributed by atoms with Gasteiger partial charge in [0.05, 0.1) is 36.1 Å². The Bertz CT molecular complexity index is 2920. The van der Waals surface area contributed by atoms with Crippen molar-refractivity contribution in [3.05, 3.63) is 151 Å². The Morgan fingerprint density at radius 3 is 1.86 bits per heavy atom. The lowest BCUT2D eigenvalue weighted by Gasteiger charge is -2.11. The number of nitrogens with zero attached hydrogens (tertiary/aromatic N) is 3. The molecule has 206 valence electrons. The highest BCUT2D eigenvalue weighted by Gasteiger charge is 2.19. The molecule has 0 N–H and O–H groups in total. The molecule has 0 amide bonds. The second-order valence-electron chi connectivity index (χ2n) is 10.3.